The Bertz CT molecular complexity index is 702. The van der Waals surface area contributed by atoms with Crippen molar-refractivity contribution in [3.05, 3.63) is 48.0 Å². The molecule has 0 heterocycles. The molecule has 0 aromatic heterocycles. The van der Waals surface area contributed by atoms with Crippen molar-refractivity contribution in [2.24, 2.45) is 0 Å². The average molecular weight is 376 g/mol. The summed E-state index contributed by atoms with van der Waals surface area (Å²) in [5.41, 5.74) is 1.30. The number of aryl methyl sites for hydroxylation is 1. The molecular formula is C21H28O6. The van der Waals surface area contributed by atoms with Crippen LogP contribution in [-0.4, -0.2) is 55.5 Å². The molecule has 0 aliphatic heterocycles. The number of aliphatic carboxylic acids is 1. The first-order valence-electron chi connectivity index (χ1n) is 9.19. The molecule has 0 fully saturated rings. The van der Waals surface area contributed by atoms with Crippen LogP contribution in [0.15, 0.2) is 42.5 Å². The molecule has 0 unspecified atom stereocenters. The van der Waals surface area contributed by atoms with Gasteiger partial charge in [-0.25, -0.2) is 4.79 Å². The standard InChI is InChI=1S/C21H28O6/c1-25-15-27-19(14-22)20(21(23)24)26-12-6-2-3-7-16-10-11-17-8-4-5-9-18(17)13-16/h4-5,8-11,13,19-20,22H,2-3,6-7,12,14-15H2,1H3,(H,23,24)/t19-,20+/m0/s1. The molecule has 6 heteroatoms. The molecule has 2 N–H and O–H groups in total. The number of ether oxygens (including phenoxy) is 3. The van der Waals surface area contributed by atoms with Crippen LogP contribution in [0.1, 0.15) is 24.8 Å². The number of carboxylic acid groups (broad SMARTS) is 1. The van der Waals surface area contributed by atoms with Crippen molar-refractivity contribution in [1.29, 1.82) is 0 Å². The summed E-state index contributed by atoms with van der Waals surface area (Å²) in [5, 5.41) is 21.0. The molecule has 0 radical (unpaired) electrons. The number of rotatable bonds is 13. The van der Waals surface area contributed by atoms with Crippen LogP contribution >= 0.6 is 0 Å². The van der Waals surface area contributed by atoms with E-state index >= 15 is 0 Å². The average Bonchev–Trinajstić information content (AvgIpc) is 2.68. The molecule has 2 aromatic rings. The van der Waals surface area contributed by atoms with E-state index in [1.807, 2.05) is 12.1 Å². The fraction of sp³-hybridized carbons (Fsp3) is 0.476. The molecular weight excluding hydrogens is 348 g/mol. The summed E-state index contributed by atoms with van der Waals surface area (Å²) < 4.78 is 15.3. The van der Waals surface area contributed by atoms with Gasteiger partial charge in [-0.3, -0.25) is 0 Å². The lowest BCUT2D eigenvalue weighted by molar-refractivity contribution is -0.176. The third-order valence-electron chi connectivity index (χ3n) is 4.38. The topological polar surface area (TPSA) is 85.2 Å². The van der Waals surface area contributed by atoms with Crippen LogP contribution in [0.2, 0.25) is 0 Å². The molecule has 0 bridgehead atoms. The third kappa shape index (κ3) is 6.92. The maximum absolute atomic E-state index is 11.3. The summed E-state index contributed by atoms with van der Waals surface area (Å²) in [6.45, 7) is -0.228. The Morgan fingerprint density at radius 1 is 1.04 bits per heavy atom. The second kappa shape index (κ2) is 11.7. The molecule has 0 amide bonds. The first-order valence-corrected chi connectivity index (χ1v) is 9.19. The maximum Gasteiger partial charge on any atom is 0.335 e. The number of benzene rings is 2. The van der Waals surface area contributed by atoms with E-state index in [4.69, 9.17) is 14.2 Å². The van der Waals surface area contributed by atoms with Gasteiger partial charge < -0.3 is 24.4 Å². The van der Waals surface area contributed by atoms with Crippen LogP contribution in [0, 0.1) is 0 Å². The summed E-state index contributed by atoms with van der Waals surface area (Å²) in [6.07, 6.45) is 1.51. The Morgan fingerprint density at radius 2 is 1.81 bits per heavy atom. The van der Waals surface area contributed by atoms with Crippen molar-refractivity contribution in [2.75, 3.05) is 27.1 Å². The Labute approximate surface area is 159 Å². The highest BCUT2D eigenvalue weighted by Crippen LogP contribution is 2.17. The normalized spacial score (nSPS) is 13.6. The van der Waals surface area contributed by atoms with Gasteiger partial charge in [0, 0.05) is 13.7 Å². The number of methoxy groups -OCH3 is 1. The lowest BCUT2D eigenvalue weighted by Crippen LogP contribution is -2.41. The van der Waals surface area contributed by atoms with Gasteiger partial charge in [-0.15, -0.1) is 0 Å². The van der Waals surface area contributed by atoms with Gasteiger partial charge in [0.05, 0.1) is 6.61 Å². The zero-order valence-electron chi connectivity index (χ0n) is 15.7. The van der Waals surface area contributed by atoms with Gasteiger partial charge in [-0.2, -0.15) is 0 Å². The Morgan fingerprint density at radius 3 is 2.52 bits per heavy atom. The fourth-order valence-electron chi connectivity index (χ4n) is 2.94. The van der Waals surface area contributed by atoms with Crippen molar-refractivity contribution < 1.29 is 29.2 Å². The minimum absolute atomic E-state index is 0.0931. The van der Waals surface area contributed by atoms with Crippen molar-refractivity contribution in [3.8, 4) is 0 Å². The van der Waals surface area contributed by atoms with Crippen molar-refractivity contribution >= 4 is 16.7 Å². The molecule has 2 aromatic carbocycles. The second-order valence-electron chi connectivity index (χ2n) is 6.42. The van der Waals surface area contributed by atoms with Gasteiger partial charge in [-0.05, 0) is 35.6 Å². The summed E-state index contributed by atoms with van der Waals surface area (Å²) in [7, 11) is 1.43. The number of hydrogen-bond donors (Lipinski definition) is 2. The van der Waals surface area contributed by atoms with E-state index in [9.17, 15) is 15.0 Å². The Balaban J connectivity index is 1.70. The van der Waals surface area contributed by atoms with Crippen molar-refractivity contribution in [2.45, 2.75) is 37.9 Å². The summed E-state index contributed by atoms with van der Waals surface area (Å²) >= 11 is 0. The Kier molecular flexibility index (Phi) is 9.21. The van der Waals surface area contributed by atoms with E-state index in [-0.39, 0.29) is 6.79 Å². The first kappa shape index (κ1) is 21.3. The number of fused-ring (bicyclic) bond motifs is 1. The third-order valence-corrected chi connectivity index (χ3v) is 4.38. The van der Waals surface area contributed by atoms with Gasteiger partial charge in [0.25, 0.3) is 0 Å². The van der Waals surface area contributed by atoms with E-state index in [1.54, 1.807) is 0 Å². The summed E-state index contributed by atoms with van der Waals surface area (Å²) in [4.78, 5) is 11.3. The van der Waals surface area contributed by atoms with Crippen LogP contribution in [0.3, 0.4) is 0 Å². The van der Waals surface area contributed by atoms with Gasteiger partial charge in [0.2, 0.25) is 0 Å². The highest BCUT2D eigenvalue weighted by molar-refractivity contribution is 5.82. The quantitative estimate of drug-likeness (QED) is 0.413. The van der Waals surface area contributed by atoms with Crippen LogP contribution in [-0.2, 0) is 25.4 Å². The molecule has 6 nitrogen and oxygen atoms in total. The monoisotopic (exact) mass is 376 g/mol. The van der Waals surface area contributed by atoms with Crippen LogP contribution < -0.4 is 0 Å². The van der Waals surface area contributed by atoms with E-state index < -0.39 is 24.8 Å². The zero-order chi connectivity index (χ0) is 19.5. The Hall–Kier alpha value is -1.99. The lowest BCUT2D eigenvalue weighted by atomic mass is 10.0. The molecule has 0 spiro atoms. The van der Waals surface area contributed by atoms with Crippen LogP contribution in [0.5, 0.6) is 0 Å². The van der Waals surface area contributed by atoms with E-state index in [0.717, 1.165) is 25.7 Å². The van der Waals surface area contributed by atoms with E-state index in [0.29, 0.717) is 6.61 Å². The highest BCUT2D eigenvalue weighted by atomic mass is 16.7. The number of carbonyl (C=O) groups is 1. The smallest absolute Gasteiger partial charge is 0.335 e. The summed E-state index contributed by atoms with van der Waals surface area (Å²) in [5.74, 6) is -1.15. The number of aliphatic hydroxyl groups excluding tert-OH is 1. The minimum Gasteiger partial charge on any atom is -0.479 e. The SMILES string of the molecule is COCO[C@@H](CO)[C@@H](OCCCCCc1ccc2ccccc2c1)C(=O)O. The van der Waals surface area contributed by atoms with E-state index in [1.165, 1.54) is 23.4 Å². The predicted molar refractivity (Wildman–Crippen MR) is 103 cm³/mol. The first-order chi connectivity index (χ1) is 13.2. The van der Waals surface area contributed by atoms with Gasteiger partial charge in [0.1, 0.15) is 12.9 Å². The van der Waals surface area contributed by atoms with E-state index in [2.05, 4.69) is 30.3 Å². The number of carboxylic acids is 1. The molecule has 27 heavy (non-hydrogen) atoms. The highest BCUT2D eigenvalue weighted by Gasteiger charge is 2.29. The largest absolute Gasteiger partial charge is 0.479 e. The van der Waals surface area contributed by atoms with Crippen molar-refractivity contribution in [3.63, 3.8) is 0 Å². The van der Waals surface area contributed by atoms with Gasteiger partial charge >= 0.3 is 5.97 Å². The number of aliphatic hydroxyl groups is 1. The molecule has 0 saturated heterocycles. The molecule has 0 aliphatic carbocycles. The molecule has 2 atom stereocenters. The lowest BCUT2D eigenvalue weighted by Gasteiger charge is -2.22. The second-order valence-corrected chi connectivity index (χ2v) is 6.42. The van der Waals surface area contributed by atoms with Crippen LogP contribution in [0.4, 0.5) is 0 Å². The number of hydrogen-bond acceptors (Lipinski definition) is 5. The van der Waals surface area contributed by atoms with Gasteiger partial charge in [0.15, 0.2) is 6.10 Å². The van der Waals surface area contributed by atoms with Crippen molar-refractivity contribution in [1.82, 2.24) is 0 Å². The van der Waals surface area contributed by atoms with Crippen LogP contribution in [0.25, 0.3) is 10.8 Å². The minimum atomic E-state index is -1.20. The number of unbranched alkanes of at least 4 members (excludes halogenated alkanes) is 2. The molecule has 0 saturated carbocycles. The maximum atomic E-state index is 11.3. The fourth-order valence-corrected chi connectivity index (χ4v) is 2.94. The molecule has 0 aliphatic rings. The van der Waals surface area contributed by atoms with Gasteiger partial charge in [-0.1, -0.05) is 48.9 Å². The molecule has 2 rings (SSSR count). The predicted octanol–water partition coefficient (Wildman–Crippen LogP) is 3.00. The summed E-state index contributed by atoms with van der Waals surface area (Å²) in [6, 6.07) is 14.8. The molecule has 148 valence electrons. The zero-order valence-corrected chi connectivity index (χ0v) is 15.7.